The number of furan rings is 1. The molecule has 1 saturated heterocycles. The van der Waals surface area contributed by atoms with Crippen LogP contribution in [-0.2, 0) is 9.59 Å². The van der Waals surface area contributed by atoms with E-state index in [0.717, 1.165) is 22.2 Å². The first kappa shape index (κ1) is 19.0. The smallest absolute Gasteiger partial charge is 0.326 e. The highest BCUT2D eigenvalue weighted by molar-refractivity contribution is 8.26. The Bertz CT molecular complexity index is 954. The summed E-state index contributed by atoms with van der Waals surface area (Å²) in [5.74, 6) is -0.580. The van der Waals surface area contributed by atoms with Crippen LogP contribution in [0.5, 0.6) is 0 Å². The van der Waals surface area contributed by atoms with E-state index in [0.29, 0.717) is 26.5 Å². The van der Waals surface area contributed by atoms with Gasteiger partial charge in [0.1, 0.15) is 21.9 Å². The molecular weight excluding hydrogens is 417 g/mol. The third-order valence-corrected chi connectivity index (χ3v) is 5.74. The fourth-order valence-corrected chi connectivity index (χ4v) is 3.99. The second-order valence-electron chi connectivity index (χ2n) is 5.40. The Morgan fingerprint density at radius 3 is 2.69 bits per heavy atom. The molecular formula is C17H11Cl2NO4S2. The van der Waals surface area contributed by atoms with E-state index < -0.39 is 17.9 Å². The summed E-state index contributed by atoms with van der Waals surface area (Å²) in [4.78, 5) is 25.0. The molecule has 1 unspecified atom stereocenters. The third kappa shape index (κ3) is 3.66. The van der Waals surface area contributed by atoms with Gasteiger partial charge in [-0.2, -0.15) is 0 Å². The van der Waals surface area contributed by atoms with Gasteiger partial charge in [0.15, 0.2) is 0 Å². The number of thiocarbonyl (C=S) groups is 1. The van der Waals surface area contributed by atoms with Crippen LogP contribution in [-0.4, -0.2) is 32.2 Å². The van der Waals surface area contributed by atoms with Crippen LogP contribution in [0.25, 0.3) is 17.4 Å². The average molecular weight is 428 g/mol. The van der Waals surface area contributed by atoms with Crippen molar-refractivity contribution in [3.05, 3.63) is 51.0 Å². The SMILES string of the molecule is CC(C(=O)O)N1C(=O)C(=Cc2ccc(-c3ccc(Cl)c(Cl)c3)o2)SC1=S. The highest BCUT2D eigenvalue weighted by atomic mass is 35.5. The van der Waals surface area contributed by atoms with Crippen molar-refractivity contribution in [2.75, 3.05) is 0 Å². The zero-order valence-corrected chi connectivity index (χ0v) is 16.4. The van der Waals surface area contributed by atoms with Crippen LogP contribution in [0, 0.1) is 0 Å². The Hall–Kier alpha value is -1.80. The van der Waals surface area contributed by atoms with Gasteiger partial charge in [-0.25, -0.2) is 4.79 Å². The molecule has 0 bridgehead atoms. The molecule has 0 spiro atoms. The van der Waals surface area contributed by atoms with Crippen molar-refractivity contribution in [3.8, 4) is 11.3 Å². The molecule has 2 aromatic rings. The minimum absolute atomic E-state index is 0.201. The maximum atomic E-state index is 12.4. The van der Waals surface area contributed by atoms with Crippen molar-refractivity contribution in [1.82, 2.24) is 4.90 Å². The lowest BCUT2D eigenvalue weighted by Gasteiger charge is -2.18. The maximum Gasteiger partial charge on any atom is 0.326 e. The molecule has 26 heavy (non-hydrogen) atoms. The number of benzene rings is 1. The minimum atomic E-state index is -1.12. The number of halogens is 2. The van der Waals surface area contributed by atoms with E-state index >= 15 is 0 Å². The standard InChI is InChI=1S/C17H11Cl2NO4S2/c1-8(16(22)23)20-15(21)14(26-17(20)25)7-10-3-5-13(24-10)9-2-4-11(18)12(19)6-9/h2-8H,1H3,(H,22,23). The summed E-state index contributed by atoms with van der Waals surface area (Å²) in [6.45, 7) is 1.41. The number of carboxylic acids is 1. The van der Waals surface area contributed by atoms with Crippen molar-refractivity contribution in [2.45, 2.75) is 13.0 Å². The maximum absolute atomic E-state index is 12.4. The number of thioether (sulfide) groups is 1. The molecule has 1 amide bonds. The molecule has 1 aromatic carbocycles. The van der Waals surface area contributed by atoms with E-state index in [4.69, 9.17) is 44.9 Å². The van der Waals surface area contributed by atoms with Crippen LogP contribution in [0.2, 0.25) is 10.0 Å². The molecule has 1 aliphatic heterocycles. The first-order valence-corrected chi connectivity index (χ1v) is 9.31. The predicted octanol–water partition coefficient (Wildman–Crippen LogP) is 4.93. The van der Waals surface area contributed by atoms with E-state index in [1.165, 1.54) is 13.0 Å². The van der Waals surface area contributed by atoms with Crippen molar-refractivity contribution >= 4 is 69.5 Å². The van der Waals surface area contributed by atoms with Gasteiger partial charge in [-0.15, -0.1) is 0 Å². The van der Waals surface area contributed by atoms with Crippen LogP contribution in [0.4, 0.5) is 0 Å². The van der Waals surface area contributed by atoms with Crippen LogP contribution in [0.15, 0.2) is 39.7 Å². The number of hydrogen-bond donors (Lipinski definition) is 1. The molecule has 1 aromatic heterocycles. The summed E-state index contributed by atoms with van der Waals surface area (Å²) >= 11 is 18.1. The third-order valence-electron chi connectivity index (χ3n) is 3.67. The molecule has 1 N–H and O–H groups in total. The highest BCUT2D eigenvalue weighted by Crippen LogP contribution is 2.35. The average Bonchev–Trinajstić information content (AvgIpc) is 3.15. The molecule has 0 saturated carbocycles. The van der Waals surface area contributed by atoms with E-state index in [9.17, 15) is 9.59 Å². The summed E-state index contributed by atoms with van der Waals surface area (Å²) in [5.41, 5.74) is 0.742. The molecule has 0 aliphatic carbocycles. The lowest BCUT2D eigenvalue weighted by atomic mass is 10.2. The van der Waals surface area contributed by atoms with E-state index in [2.05, 4.69) is 0 Å². The van der Waals surface area contributed by atoms with Gasteiger partial charge < -0.3 is 9.52 Å². The largest absolute Gasteiger partial charge is 0.480 e. The van der Waals surface area contributed by atoms with Gasteiger partial charge >= 0.3 is 5.97 Å². The first-order chi connectivity index (χ1) is 12.3. The molecule has 2 heterocycles. The molecule has 1 fully saturated rings. The number of amides is 1. The second-order valence-corrected chi connectivity index (χ2v) is 7.89. The van der Waals surface area contributed by atoms with Crippen LogP contribution >= 0.6 is 47.2 Å². The molecule has 1 aliphatic rings. The highest BCUT2D eigenvalue weighted by Gasteiger charge is 2.38. The van der Waals surface area contributed by atoms with Gasteiger partial charge in [0, 0.05) is 11.6 Å². The topological polar surface area (TPSA) is 70.8 Å². The van der Waals surface area contributed by atoms with Crippen molar-refractivity contribution in [2.24, 2.45) is 0 Å². The minimum Gasteiger partial charge on any atom is -0.480 e. The second kappa shape index (κ2) is 7.44. The summed E-state index contributed by atoms with van der Waals surface area (Å²) in [5, 5.41) is 9.96. The van der Waals surface area contributed by atoms with E-state index in [1.54, 1.807) is 30.3 Å². The summed E-state index contributed by atoms with van der Waals surface area (Å²) in [7, 11) is 0. The fourth-order valence-electron chi connectivity index (χ4n) is 2.29. The number of carbonyl (C=O) groups is 2. The number of aliphatic carboxylic acids is 1. The lowest BCUT2D eigenvalue weighted by Crippen LogP contribution is -2.41. The monoisotopic (exact) mass is 427 g/mol. The Morgan fingerprint density at radius 2 is 2.04 bits per heavy atom. The Morgan fingerprint density at radius 1 is 1.31 bits per heavy atom. The summed E-state index contributed by atoms with van der Waals surface area (Å²) in [6.07, 6.45) is 1.54. The molecule has 134 valence electrons. The van der Waals surface area contributed by atoms with Gasteiger partial charge in [-0.1, -0.05) is 47.2 Å². The van der Waals surface area contributed by atoms with Gasteiger partial charge in [-0.3, -0.25) is 9.69 Å². The molecule has 5 nitrogen and oxygen atoms in total. The first-order valence-electron chi connectivity index (χ1n) is 7.33. The van der Waals surface area contributed by atoms with Crippen LogP contribution < -0.4 is 0 Å². The van der Waals surface area contributed by atoms with Crippen molar-refractivity contribution in [3.63, 3.8) is 0 Å². The number of hydrogen-bond acceptors (Lipinski definition) is 5. The molecule has 3 rings (SSSR count). The quantitative estimate of drug-likeness (QED) is 0.550. The Balaban J connectivity index is 1.86. The number of nitrogens with zero attached hydrogens (tertiary/aromatic N) is 1. The summed E-state index contributed by atoms with van der Waals surface area (Å²) < 4.78 is 5.93. The zero-order chi connectivity index (χ0) is 19.0. The normalized spacial score (nSPS) is 17.2. The van der Waals surface area contributed by atoms with Gasteiger partial charge in [0.25, 0.3) is 5.91 Å². The molecule has 9 heteroatoms. The van der Waals surface area contributed by atoms with E-state index in [-0.39, 0.29) is 4.32 Å². The zero-order valence-electron chi connectivity index (χ0n) is 13.2. The van der Waals surface area contributed by atoms with Crippen LogP contribution in [0.1, 0.15) is 12.7 Å². The Labute approximate surface area is 168 Å². The lowest BCUT2D eigenvalue weighted by molar-refractivity contribution is -0.144. The van der Waals surface area contributed by atoms with Gasteiger partial charge in [0.2, 0.25) is 0 Å². The van der Waals surface area contributed by atoms with Gasteiger partial charge in [-0.05, 0) is 37.3 Å². The van der Waals surface area contributed by atoms with Crippen molar-refractivity contribution < 1.29 is 19.1 Å². The number of carbonyl (C=O) groups excluding carboxylic acids is 1. The van der Waals surface area contributed by atoms with Gasteiger partial charge in [0.05, 0.1) is 15.0 Å². The van der Waals surface area contributed by atoms with Crippen molar-refractivity contribution in [1.29, 1.82) is 0 Å². The number of carboxylic acid groups (broad SMARTS) is 1. The summed E-state index contributed by atoms with van der Waals surface area (Å²) in [6, 6.07) is 7.53. The fraction of sp³-hybridized carbons (Fsp3) is 0.118. The van der Waals surface area contributed by atoms with E-state index in [1.807, 2.05) is 0 Å². The number of rotatable bonds is 4. The Kier molecular flexibility index (Phi) is 5.43. The predicted molar refractivity (Wildman–Crippen MR) is 106 cm³/mol. The van der Waals surface area contributed by atoms with Crippen LogP contribution in [0.3, 0.4) is 0 Å². The molecule has 1 atom stereocenters. The molecule has 0 radical (unpaired) electrons.